The summed E-state index contributed by atoms with van der Waals surface area (Å²) in [6, 6.07) is 5.34. The molecule has 1 unspecified atom stereocenters. The van der Waals surface area contributed by atoms with Crippen molar-refractivity contribution in [1.29, 1.82) is 0 Å². The lowest BCUT2D eigenvalue weighted by Crippen LogP contribution is -2.52. The number of halogens is 3. The number of aryl methyl sites for hydroxylation is 1. The second kappa shape index (κ2) is 8.61. The van der Waals surface area contributed by atoms with Crippen LogP contribution in [0.1, 0.15) is 54.2 Å². The first-order chi connectivity index (χ1) is 15.6. The second-order valence-electron chi connectivity index (χ2n) is 8.80. The van der Waals surface area contributed by atoms with Gasteiger partial charge in [-0.3, -0.25) is 19.4 Å². The van der Waals surface area contributed by atoms with Crippen LogP contribution in [0.25, 0.3) is 0 Å². The molecule has 1 N–H and O–H groups in total. The molecule has 2 amide bonds. The lowest BCUT2D eigenvalue weighted by atomic mass is 9.87. The molecule has 3 atom stereocenters. The van der Waals surface area contributed by atoms with Gasteiger partial charge in [-0.1, -0.05) is 0 Å². The van der Waals surface area contributed by atoms with Crippen molar-refractivity contribution in [1.82, 2.24) is 9.88 Å². The zero-order valence-corrected chi connectivity index (χ0v) is 18.3. The summed E-state index contributed by atoms with van der Waals surface area (Å²) in [7, 11) is 0. The molecule has 4 rings (SSSR count). The number of ketones is 1. The van der Waals surface area contributed by atoms with E-state index in [0.717, 1.165) is 12.3 Å². The van der Waals surface area contributed by atoms with E-state index in [1.54, 1.807) is 0 Å². The predicted molar refractivity (Wildman–Crippen MR) is 114 cm³/mol. The van der Waals surface area contributed by atoms with Crippen LogP contribution in [0.3, 0.4) is 0 Å². The highest BCUT2D eigenvalue weighted by Gasteiger charge is 2.53. The molecule has 2 aliphatic rings. The number of amides is 2. The van der Waals surface area contributed by atoms with Crippen molar-refractivity contribution < 1.29 is 27.6 Å². The average Bonchev–Trinajstić information content (AvgIpc) is 3.04. The zero-order chi connectivity index (χ0) is 23.9. The van der Waals surface area contributed by atoms with Crippen molar-refractivity contribution in [3.8, 4) is 0 Å². The lowest BCUT2D eigenvalue weighted by Gasteiger charge is -2.39. The minimum absolute atomic E-state index is 0.0162. The molecule has 174 valence electrons. The summed E-state index contributed by atoms with van der Waals surface area (Å²) in [5, 5.41) is 2.53. The maximum Gasteiger partial charge on any atom is 0.366 e. The van der Waals surface area contributed by atoms with E-state index in [0.29, 0.717) is 36.9 Å². The Kier molecular flexibility index (Phi) is 5.99. The number of Topliss-reactive ketones (excluding diaryl/α,β-unsaturated/α-hetero) is 1. The molecule has 0 radical (unpaired) electrons. The fraction of sp³-hybridized carbons (Fsp3) is 0.417. The van der Waals surface area contributed by atoms with Gasteiger partial charge in [0, 0.05) is 35.4 Å². The number of benzene rings is 1. The van der Waals surface area contributed by atoms with Gasteiger partial charge in [0.1, 0.15) is 17.3 Å². The number of fused-ring (bicyclic) bond motifs is 2. The molecule has 9 heteroatoms. The Morgan fingerprint density at radius 2 is 1.76 bits per heavy atom. The summed E-state index contributed by atoms with van der Waals surface area (Å²) in [5.74, 6) is -6.58. The Bertz CT molecular complexity index is 1110. The molecule has 2 saturated heterocycles. The highest BCUT2D eigenvalue weighted by atomic mass is 19.3. The van der Waals surface area contributed by atoms with E-state index in [2.05, 4.69) is 10.3 Å². The van der Waals surface area contributed by atoms with Gasteiger partial charge in [-0.25, -0.2) is 4.39 Å². The molecular weight excluding hydrogens is 435 g/mol. The number of aromatic nitrogens is 1. The standard InChI is InChI=1S/C24H24F3N3O3/c1-13-9-17(3-6-20(13)25)29-22(32)15-7-8-28-21(12-15)24(26,27)23(33)30-18-4-5-19(30)11-16(10-18)14(2)31/h3,6-9,12,16,18-19H,4-5,10-11H2,1-2H3,(H,29,32)/t16?,18-,19+. The maximum absolute atomic E-state index is 15.2. The number of hydrogen-bond donors (Lipinski definition) is 1. The van der Waals surface area contributed by atoms with Crippen LogP contribution >= 0.6 is 0 Å². The van der Waals surface area contributed by atoms with Crippen LogP contribution in [-0.4, -0.2) is 39.6 Å². The van der Waals surface area contributed by atoms with Gasteiger partial charge >= 0.3 is 5.92 Å². The molecule has 3 heterocycles. The third-order valence-corrected chi connectivity index (χ3v) is 6.57. The van der Waals surface area contributed by atoms with Gasteiger partial charge in [0.15, 0.2) is 0 Å². The van der Waals surface area contributed by atoms with E-state index in [1.807, 2.05) is 0 Å². The monoisotopic (exact) mass is 459 g/mol. The number of hydrogen-bond acceptors (Lipinski definition) is 4. The minimum atomic E-state index is -3.92. The maximum atomic E-state index is 15.2. The second-order valence-corrected chi connectivity index (χ2v) is 8.80. The van der Waals surface area contributed by atoms with Gasteiger partial charge in [-0.2, -0.15) is 8.78 Å². The quantitative estimate of drug-likeness (QED) is 0.726. The van der Waals surface area contributed by atoms with Crippen molar-refractivity contribution >= 4 is 23.3 Å². The topological polar surface area (TPSA) is 79.4 Å². The van der Waals surface area contributed by atoms with Crippen molar-refractivity contribution in [2.75, 3.05) is 5.32 Å². The number of pyridine rings is 1. The van der Waals surface area contributed by atoms with Crippen LogP contribution in [0.5, 0.6) is 0 Å². The summed E-state index contributed by atoms with van der Waals surface area (Å²) in [5.41, 5.74) is -0.287. The Hall–Kier alpha value is -3.23. The zero-order valence-electron chi connectivity index (χ0n) is 18.3. The molecular formula is C24H24F3N3O3. The molecule has 0 spiro atoms. The Labute approximate surface area is 189 Å². The molecule has 33 heavy (non-hydrogen) atoms. The first-order valence-corrected chi connectivity index (χ1v) is 10.8. The molecule has 2 bridgehead atoms. The summed E-state index contributed by atoms with van der Waals surface area (Å²) < 4.78 is 43.9. The van der Waals surface area contributed by atoms with E-state index in [4.69, 9.17) is 0 Å². The molecule has 2 aliphatic heterocycles. The number of carbonyl (C=O) groups is 3. The van der Waals surface area contributed by atoms with E-state index in [9.17, 15) is 18.8 Å². The van der Waals surface area contributed by atoms with Crippen molar-refractivity contribution in [3.05, 3.63) is 59.2 Å². The van der Waals surface area contributed by atoms with Gasteiger partial charge < -0.3 is 10.2 Å². The van der Waals surface area contributed by atoms with E-state index >= 15 is 8.78 Å². The van der Waals surface area contributed by atoms with E-state index in [-0.39, 0.29) is 17.3 Å². The molecule has 2 aromatic rings. The van der Waals surface area contributed by atoms with E-state index in [1.165, 1.54) is 43.0 Å². The van der Waals surface area contributed by atoms with Crippen molar-refractivity contribution in [2.45, 2.75) is 57.5 Å². The molecule has 0 aliphatic carbocycles. The summed E-state index contributed by atoms with van der Waals surface area (Å²) in [6.45, 7) is 3.03. The van der Waals surface area contributed by atoms with Gasteiger partial charge in [0.25, 0.3) is 11.8 Å². The van der Waals surface area contributed by atoms with Crippen molar-refractivity contribution in [3.63, 3.8) is 0 Å². The van der Waals surface area contributed by atoms with E-state index < -0.39 is 41.3 Å². The van der Waals surface area contributed by atoms with Gasteiger partial charge in [-0.15, -0.1) is 0 Å². The summed E-state index contributed by atoms with van der Waals surface area (Å²) in [6.07, 6.45) is 3.01. The predicted octanol–water partition coefficient (Wildman–Crippen LogP) is 4.23. The lowest BCUT2D eigenvalue weighted by molar-refractivity contribution is -0.165. The third-order valence-electron chi connectivity index (χ3n) is 6.57. The van der Waals surface area contributed by atoms with Crippen LogP contribution in [0.4, 0.5) is 18.9 Å². The Morgan fingerprint density at radius 1 is 1.09 bits per heavy atom. The van der Waals surface area contributed by atoms with Crippen LogP contribution in [0.2, 0.25) is 0 Å². The van der Waals surface area contributed by atoms with Crippen LogP contribution in [0, 0.1) is 18.7 Å². The SMILES string of the molecule is CC(=O)C1C[C@H]2CC[C@@H](C1)N2C(=O)C(F)(F)c1cc(C(=O)Nc2ccc(F)c(C)c2)ccn1. The molecule has 1 aromatic heterocycles. The molecule has 0 saturated carbocycles. The number of carbonyl (C=O) groups excluding carboxylic acids is 3. The average molecular weight is 459 g/mol. The number of alkyl halides is 2. The molecule has 2 fully saturated rings. The first kappa shape index (κ1) is 22.9. The Morgan fingerprint density at radius 3 is 2.36 bits per heavy atom. The summed E-state index contributed by atoms with van der Waals surface area (Å²) in [4.78, 5) is 42.1. The van der Waals surface area contributed by atoms with Crippen molar-refractivity contribution in [2.24, 2.45) is 5.92 Å². The number of anilines is 1. The van der Waals surface area contributed by atoms with Crippen LogP contribution in [-0.2, 0) is 15.5 Å². The van der Waals surface area contributed by atoms with Crippen LogP contribution in [0.15, 0.2) is 36.5 Å². The minimum Gasteiger partial charge on any atom is -0.331 e. The normalized spacial score (nSPS) is 22.2. The van der Waals surface area contributed by atoms with Crippen LogP contribution < -0.4 is 5.32 Å². The number of rotatable bonds is 5. The van der Waals surface area contributed by atoms with Gasteiger partial charge in [-0.05, 0) is 75.4 Å². The highest BCUT2D eigenvalue weighted by Crippen LogP contribution is 2.42. The molecule has 6 nitrogen and oxygen atoms in total. The molecule has 1 aromatic carbocycles. The number of piperidine rings is 1. The van der Waals surface area contributed by atoms with Gasteiger partial charge in [0.05, 0.1) is 0 Å². The fourth-order valence-corrected chi connectivity index (χ4v) is 4.78. The number of nitrogens with one attached hydrogen (secondary N) is 1. The number of nitrogens with zero attached hydrogens (tertiary/aromatic N) is 2. The third kappa shape index (κ3) is 4.36. The Balaban J connectivity index is 1.53. The highest BCUT2D eigenvalue weighted by molar-refractivity contribution is 6.04. The first-order valence-electron chi connectivity index (χ1n) is 10.8. The van der Waals surface area contributed by atoms with Gasteiger partial charge in [0.2, 0.25) is 0 Å². The largest absolute Gasteiger partial charge is 0.366 e. The summed E-state index contributed by atoms with van der Waals surface area (Å²) >= 11 is 0. The smallest absolute Gasteiger partial charge is 0.331 e. The fourth-order valence-electron chi connectivity index (χ4n) is 4.78.